The Balaban J connectivity index is 3.37. The zero-order chi connectivity index (χ0) is 25.8. The highest BCUT2D eigenvalue weighted by Gasteiger charge is 2.33. The first kappa shape index (κ1) is 31.1. The Morgan fingerprint density at radius 2 is 0.824 bits per heavy atom. The molecule has 1 heteroatoms. The minimum absolute atomic E-state index is 0.0147. The molecule has 0 radical (unpaired) electrons. The molecule has 0 fully saturated rings. The second-order valence-corrected chi connectivity index (χ2v) is 13.0. The van der Waals surface area contributed by atoms with Crippen molar-refractivity contribution in [1.29, 1.82) is 0 Å². The van der Waals surface area contributed by atoms with E-state index in [1.165, 1.54) is 100 Å². The average Bonchev–Trinajstić information content (AvgIpc) is 2.77. The number of hydrogen-bond donors (Lipinski definition) is 1. The van der Waals surface area contributed by atoms with Crippen molar-refractivity contribution >= 4 is 0 Å². The van der Waals surface area contributed by atoms with Crippen LogP contribution in [-0.4, -0.2) is 5.11 Å². The molecule has 0 saturated carbocycles. The maximum Gasteiger partial charge on any atom is 0.123 e. The van der Waals surface area contributed by atoms with Crippen LogP contribution in [0.4, 0.5) is 0 Å². The molecule has 198 valence electrons. The molecule has 0 amide bonds. The molecule has 34 heavy (non-hydrogen) atoms. The summed E-state index contributed by atoms with van der Waals surface area (Å²) in [7, 11) is 0. The molecule has 1 rings (SSSR count). The minimum Gasteiger partial charge on any atom is -0.507 e. The van der Waals surface area contributed by atoms with Gasteiger partial charge in [0, 0.05) is 11.1 Å². The standard InChI is InChI=1S/C33H60O/c1-10-13-16-19-22-31(4,5)27-25-28(32(6,7)23-20-17-14-11-2)30(34)29(26-27)33(8,9)24-21-18-15-12-3/h25-26,34H,10-24H2,1-9H3. The maximum absolute atomic E-state index is 11.7. The lowest BCUT2D eigenvalue weighted by atomic mass is 9.70. The van der Waals surface area contributed by atoms with Crippen molar-refractivity contribution in [3.05, 3.63) is 28.8 Å². The molecule has 0 saturated heterocycles. The molecule has 0 aliphatic heterocycles. The summed E-state index contributed by atoms with van der Waals surface area (Å²) in [5, 5.41) is 11.7. The lowest BCUT2D eigenvalue weighted by molar-refractivity contribution is 0.374. The Bertz CT molecular complexity index is 649. The maximum atomic E-state index is 11.7. The van der Waals surface area contributed by atoms with Gasteiger partial charge in [0.1, 0.15) is 5.75 Å². The summed E-state index contributed by atoms with van der Waals surface area (Å²) in [5.41, 5.74) is 3.88. The number of phenolic OH excluding ortho intramolecular Hbond substituents is 1. The molecule has 0 unspecified atom stereocenters. The predicted octanol–water partition coefficient (Wildman–Crippen LogP) is 11.1. The van der Waals surface area contributed by atoms with Crippen molar-refractivity contribution in [3.63, 3.8) is 0 Å². The number of aromatic hydroxyl groups is 1. The molecule has 1 aromatic carbocycles. The Labute approximate surface area is 214 Å². The van der Waals surface area contributed by atoms with Gasteiger partial charge in [-0.05, 0) is 41.1 Å². The molecule has 0 bridgehead atoms. The highest BCUT2D eigenvalue weighted by molar-refractivity contribution is 5.51. The SMILES string of the molecule is CCCCCCC(C)(C)c1cc(C(C)(C)CCCCCC)c(O)c(C(C)(C)CCCCCC)c1. The van der Waals surface area contributed by atoms with Gasteiger partial charge in [0.15, 0.2) is 0 Å². The van der Waals surface area contributed by atoms with Gasteiger partial charge in [-0.25, -0.2) is 0 Å². The predicted molar refractivity (Wildman–Crippen MR) is 153 cm³/mol. The van der Waals surface area contributed by atoms with Crippen molar-refractivity contribution in [2.75, 3.05) is 0 Å². The van der Waals surface area contributed by atoms with Crippen molar-refractivity contribution in [1.82, 2.24) is 0 Å². The van der Waals surface area contributed by atoms with Crippen LogP contribution < -0.4 is 0 Å². The van der Waals surface area contributed by atoms with E-state index in [0.717, 1.165) is 12.8 Å². The van der Waals surface area contributed by atoms with Gasteiger partial charge in [0.2, 0.25) is 0 Å². The first-order valence-electron chi connectivity index (χ1n) is 14.8. The molecular formula is C33H60O. The third kappa shape index (κ3) is 9.58. The fourth-order valence-corrected chi connectivity index (χ4v) is 5.45. The van der Waals surface area contributed by atoms with Gasteiger partial charge in [-0.1, -0.05) is 151 Å². The highest BCUT2D eigenvalue weighted by atomic mass is 16.3. The Morgan fingerprint density at radius 1 is 0.500 bits per heavy atom. The molecule has 0 aliphatic rings. The van der Waals surface area contributed by atoms with E-state index in [4.69, 9.17) is 0 Å². The minimum atomic E-state index is -0.0147. The van der Waals surface area contributed by atoms with E-state index in [1.54, 1.807) is 0 Å². The van der Waals surface area contributed by atoms with Crippen LogP contribution in [0.15, 0.2) is 12.1 Å². The van der Waals surface area contributed by atoms with Crippen LogP contribution in [0.25, 0.3) is 0 Å². The zero-order valence-corrected chi connectivity index (χ0v) is 24.7. The van der Waals surface area contributed by atoms with E-state index >= 15 is 0 Å². The quantitative estimate of drug-likeness (QED) is 0.211. The monoisotopic (exact) mass is 472 g/mol. The number of phenols is 1. The van der Waals surface area contributed by atoms with Crippen LogP contribution >= 0.6 is 0 Å². The average molecular weight is 473 g/mol. The molecule has 0 spiro atoms. The molecule has 0 aromatic heterocycles. The summed E-state index contributed by atoms with van der Waals surface area (Å²) >= 11 is 0. The van der Waals surface area contributed by atoms with Gasteiger partial charge in [-0.2, -0.15) is 0 Å². The van der Waals surface area contributed by atoms with E-state index in [2.05, 4.69) is 74.4 Å². The zero-order valence-electron chi connectivity index (χ0n) is 24.7. The van der Waals surface area contributed by atoms with E-state index in [9.17, 15) is 5.11 Å². The van der Waals surface area contributed by atoms with E-state index in [-0.39, 0.29) is 16.2 Å². The van der Waals surface area contributed by atoms with Gasteiger partial charge in [-0.3, -0.25) is 0 Å². The van der Waals surface area contributed by atoms with Crippen LogP contribution in [0.1, 0.15) is 175 Å². The summed E-state index contributed by atoms with van der Waals surface area (Å²) in [6.45, 7) is 21.1. The van der Waals surface area contributed by atoms with Gasteiger partial charge in [0.25, 0.3) is 0 Å². The lowest BCUT2D eigenvalue weighted by Gasteiger charge is -2.35. The third-order valence-corrected chi connectivity index (χ3v) is 8.32. The molecule has 0 aliphatic carbocycles. The Hall–Kier alpha value is -0.980. The first-order chi connectivity index (χ1) is 15.9. The van der Waals surface area contributed by atoms with Crippen LogP contribution in [0.2, 0.25) is 0 Å². The third-order valence-electron chi connectivity index (χ3n) is 8.32. The molecule has 0 atom stereocenters. The highest BCUT2D eigenvalue weighted by Crippen LogP contribution is 2.46. The van der Waals surface area contributed by atoms with Gasteiger partial charge in [0.05, 0.1) is 0 Å². The second kappa shape index (κ2) is 14.5. The Kier molecular flexibility index (Phi) is 13.3. The lowest BCUT2D eigenvalue weighted by Crippen LogP contribution is -2.25. The van der Waals surface area contributed by atoms with E-state index in [0.29, 0.717) is 5.75 Å². The fourth-order valence-electron chi connectivity index (χ4n) is 5.45. The smallest absolute Gasteiger partial charge is 0.123 e. The molecule has 1 N–H and O–H groups in total. The number of unbranched alkanes of at least 4 members (excludes halogenated alkanes) is 9. The van der Waals surface area contributed by atoms with Crippen molar-refractivity contribution < 1.29 is 5.11 Å². The fraction of sp³-hybridized carbons (Fsp3) is 0.818. The molecule has 1 nitrogen and oxygen atoms in total. The van der Waals surface area contributed by atoms with Crippen molar-refractivity contribution in [3.8, 4) is 5.75 Å². The number of rotatable bonds is 18. The van der Waals surface area contributed by atoms with Crippen LogP contribution in [0.5, 0.6) is 5.75 Å². The Morgan fingerprint density at radius 3 is 1.15 bits per heavy atom. The van der Waals surface area contributed by atoms with Gasteiger partial charge >= 0.3 is 0 Å². The summed E-state index contributed by atoms with van der Waals surface area (Å²) < 4.78 is 0. The topological polar surface area (TPSA) is 20.2 Å². The van der Waals surface area contributed by atoms with Crippen molar-refractivity contribution in [2.45, 2.75) is 175 Å². The van der Waals surface area contributed by atoms with Crippen molar-refractivity contribution in [2.24, 2.45) is 0 Å². The van der Waals surface area contributed by atoms with Gasteiger partial charge < -0.3 is 5.11 Å². The van der Waals surface area contributed by atoms with Crippen LogP contribution in [0, 0.1) is 0 Å². The van der Waals surface area contributed by atoms with Crippen LogP contribution in [-0.2, 0) is 16.2 Å². The number of hydrogen-bond acceptors (Lipinski definition) is 1. The summed E-state index contributed by atoms with van der Waals surface area (Å²) in [5.74, 6) is 0.575. The summed E-state index contributed by atoms with van der Waals surface area (Å²) in [4.78, 5) is 0. The summed E-state index contributed by atoms with van der Waals surface area (Å²) in [6.07, 6.45) is 18.9. The molecular weight excluding hydrogens is 412 g/mol. The first-order valence-corrected chi connectivity index (χ1v) is 14.8. The molecule has 0 heterocycles. The normalized spacial score (nSPS) is 13.0. The van der Waals surface area contributed by atoms with E-state index < -0.39 is 0 Å². The van der Waals surface area contributed by atoms with Crippen LogP contribution in [0.3, 0.4) is 0 Å². The largest absolute Gasteiger partial charge is 0.507 e. The second-order valence-electron chi connectivity index (χ2n) is 13.0. The van der Waals surface area contributed by atoms with E-state index in [1.807, 2.05) is 0 Å². The number of benzene rings is 1. The summed E-state index contributed by atoms with van der Waals surface area (Å²) in [6, 6.07) is 4.76. The molecule has 1 aromatic rings. The van der Waals surface area contributed by atoms with Gasteiger partial charge in [-0.15, -0.1) is 0 Å².